The predicted octanol–water partition coefficient (Wildman–Crippen LogP) is 0.715. The van der Waals surface area contributed by atoms with E-state index in [1.807, 2.05) is 13.8 Å². The van der Waals surface area contributed by atoms with Gasteiger partial charge in [0.25, 0.3) is 11.8 Å². The van der Waals surface area contributed by atoms with Crippen molar-refractivity contribution in [2.24, 2.45) is 5.92 Å². The number of rotatable bonds is 8. The summed E-state index contributed by atoms with van der Waals surface area (Å²) < 4.78 is 9.68. The van der Waals surface area contributed by atoms with Crippen molar-refractivity contribution < 1.29 is 23.5 Å². The Morgan fingerprint density at radius 3 is 2.67 bits per heavy atom. The van der Waals surface area contributed by atoms with Gasteiger partial charge in [0.15, 0.2) is 12.4 Å². The van der Waals surface area contributed by atoms with Crippen LogP contribution in [0.2, 0.25) is 0 Å². The lowest BCUT2D eigenvalue weighted by Gasteiger charge is -2.08. The van der Waals surface area contributed by atoms with E-state index < -0.39 is 11.9 Å². The van der Waals surface area contributed by atoms with E-state index in [9.17, 15) is 14.4 Å². The second kappa shape index (κ2) is 8.78. The molecule has 0 aromatic carbocycles. The van der Waals surface area contributed by atoms with Gasteiger partial charge in [0.2, 0.25) is 0 Å². The lowest BCUT2D eigenvalue weighted by Crippen LogP contribution is -2.32. The van der Waals surface area contributed by atoms with Crippen LogP contribution in [0.4, 0.5) is 0 Å². The van der Waals surface area contributed by atoms with Crippen LogP contribution in [-0.4, -0.2) is 37.5 Å². The van der Waals surface area contributed by atoms with E-state index >= 15 is 0 Å². The molecule has 7 nitrogen and oxygen atoms in total. The minimum atomic E-state index is -0.547. The van der Waals surface area contributed by atoms with Crippen LogP contribution in [0.25, 0.3) is 0 Å². The summed E-state index contributed by atoms with van der Waals surface area (Å²) in [6.07, 6.45) is 1.38. The summed E-state index contributed by atoms with van der Waals surface area (Å²) in [6, 6.07) is 3.12. The highest BCUT2D eigenvalue weighted by Gasteiger charge is 2.10. The molecule has 0 radical (unpaired) electrons. The third-order valence-corrected chi connectivity index (χ3v) is 2.43. The molecule has 2 amide bonds. The maximum Gasteiger partial charge on any atom is 0.308 e. The van der Waals surface area contributed by atoms with Gasteiger partial charge < -0.3 is 19.8 Å². The first-order chi connectivity index (χ1) is 9.99. The Kier molecular flexibility index (Phi) is 7.00. The molecule has 1 heterocycles. The maximum absolute atomic E-state index is 11.5. The molecule has 116 valence electrons. The molecule has 0 bridgehead atoms. The number of ether oxygens (including phenoxy) is 1. The minimum absolute atomic E-state index is 0.0100. The number of carbonyl (C=O) groups excluding carboxylic acids is 3. The Morgan fingerprint density at radius 1 is 1.29 bits per heavy atom. The van der Waals surface area contributed by atoms with Gasteiger partial charge in [-0.3, -0.25) is 14.4 Å². The molecule has 0 saturated heterocycles. The molecule has 0 aliphatic carbocycles. The average molecular weight is 296 g/mol. The average Bonchev–Trinajstić information content (AvgIpc) is 2.97. The summed E-state index contributed by atoms with van der Waals surface area (Å²) in [5.74, 6) is -0.772. The Bertz CT molecular complexity index is 468. The van der Waals surface area contributed by atoms with Crippen molar-refractivity contribution in [2.75, 3.05) is 19.7 Å². The van der Waals surface area contributed by atoms with Crippen molar-refractivity contribution in [3.8, 4) is 0 Å². The van der Waals surface area contributed by atoms with E-state index in [0.29, 0.717) is 12.5 Å². The van der Waals surface area contributed by atoms with Gasteiger partial charge in [0, 0.05) is 13.1 Å². The molecule has 0 fully saturated rings. The number of hydrogen-bond acceptors (Lipinski definition) is 5. The summed E-state index contributed by atoms with van der Waals surface area (Å²) in [6.45, 7) is 4.28. The number of amides is 2. The summed E-state index contributed by atoms with van der Waals surface area (Å²) in [4.78, 5) is 34.2. The SMILES string of the molecule is CC(C)CNC(=O)COC(=O)CCNC(=O)c1ccco1. The molecule has 0 atom stereocenters. The van der Waals surface area contributed by atoms with Crippen LogP contribution in [0.5, 0.6) is 0 Å². The van der Waals surface area contributed by atoms with Gasteiger partial charge in [-0.05, 0) is 18.1 Å². The molecule has 2 N–H and O–H groups in total. The van der Waals surface area contributed by atoms with Crippen molar-refractivity contribution in [3.63, 3.8) is 0 Å². The Labute approximate surface area is 123 Å². The highest BCUT2D eigenvalue weighted by Crippen LogP contribution is 1.99. The first-order valence-electron chi connectivity index (χ1n) is 6.73. The molecule has 7 heteroatoms. The zero-order chi connectivity index (χ0) is 15.7. The van der Waals surface area contributed by atoms with Crippen molar-refractivity contribution in [2.45, 2.75) is 20.3 Å². The Morgan fingerprint density at radius 2 is 2.05 bits per heavy atom. The Balaban J connectivity index is 2.11. The van der Waals surface area contributed by atoms with Gasteiger partial charge in [-0.2, -0.15) is 0 Å². The molecule has 1 rings (SSSR count). The fourth-order valence-corrected chi connectivity index (χ4v) is 1.36. The van der Waals surface area contributed by atoms with Crippen LogP contribution in [-0.2, 0) is 14.3 Å². The zero-order valence-electron chi connectivity index (χ0n) is 12.2. The van der Waals surface area contributed by atoms with Crippen LogP contribution >= 0.6 is 0 Å². The summed E-state index contributed by atoms with van der Waals surface area (Å²) in [5.41, 5.74) is 0. The molecule has 0 unspecified atom stereocenters. The number of nitrogens with one attached hydrogen (secondary N) is 2. The van der Waals surface area contributed by atoms with E-state index in [1.54, 1.807) is 6.07 Å². The third kappa shape index (κ3) is 7.14. The molecule has 1 aromatic rings. The molecule has 21 heavy (non-hydrogen) atoms. The van der Waals surface area contributed by atoms with Crippen LogP contribution < -0.4 is 10.6 Å². The van der Waals surface area contributed by atoms with E-state index in [-0.39, 0.29) is 31.2 Å². The van der Waals surface area contributed by atoms with Gasteiger partial charge >= 0.3 is 5.97 Å². The second-order valence-electron chi connectivity index (χ2n) is 4.84. The van der Waals surface area contributed by atoms with Crippen LogP contribution in [0, 0.1) is 5.92 Å². The summed E-state index contributed by atoms with van der Waals surface area (Å²) in [5, 5.41) is 5.14. The van der Waals surface area contributed by atoms with Crippen molar-refractivity contribution >= 4 is 17.8 Å². The fourth-order valence-electron chi connectivity index (χ4n) is 1.36. The van der Waals surface area contributed by atoms with Gasteiger partial charge in [-0.1, -0.05) is 13.8 Å². The van der Waals surface area contributed by atoms with Crippen LogP contribution in [0.15, 0.2) is 22.8 Å². The molecule has 0 spiro atoms. The minimum Gasteiger partial charge on any atom is -0.459 e. The van der Waals surface area contributed by atoms with E-state index in [0.717, 1.165) is 0 Å². The fraction of sp³-hybridized carbons (Fsp3) is 0.500. The monoisotopic (exact) mass is 296 g/mol. The zero-order valence-corrected chi connectivity index (χ0v) is 12.2. The van der Waals surface area contributed by atoms with Crippen molar-refractivity contribution in [1.82, 2.24) is 10.6 Å². The summed E-state index contributed by atoms with van der Waals surface area (Å²) in [7, 11) is 0. The normalized spacial score (nSPS) is 10.2. The summed E-state index contributed by atoms with van der Waals surface area (Å²) >= 11 is 0. The first-order valence-corrected chi connectivity index (χ1v) is 6.73. The number of carbonyl (C=O) groups is 3. The van der Waals surface area contributed by atoms with Gasteiger partial charge in [0.05, 0.1) is 12.7 Å². The van der Waals surface area contributed by atoms with Gasteiger partial charge in [-0.25, -0.2) is 0 Å². The number of hydrogen-bond donors (Lipinski definition) is 2. The smallest absolute Gasteiger partial charge is 0.308 e. The quantitative estimate of drug-likeness (QED) is 0.689. The lowest BCUT2D eigenvalue weighted by molar-refractivity contribution is -0.148. The maximum atomic E-state index is 11.5. The van der Waals surface area contributed by atoms with Crippen LogP contribution in [0.3, 0.4) is 0 Å². The van der Waals surface area contributed by atoms with E-state index in [2.05, 4.69) is 10.6 Å². The van der Waals surface area contributed by atoms with E-state index in [4.69, 9.17) is 9.15 Å². The van der Waals surface area contributed by atoms with E-state index in [1.165, 1.54) is 12.3 Å². The molecule has 0 aliphatic rings. The first kappa shape index (κ1) is 16.7. The van der Waals surface area contributed by atoms with Crippen molar-refractivity contribution in [3.05, 3.63) is 24.2 Å². The molecule has 0 saturated carbocycles. The number of furan rings is 1. The molecule has 1 aromatic heterocycles. The topological polar surface area (TPSA) is 97.6 Å². The van der Waals surface area contributed by atoms with Gasteiger partial charge in [-0.15, -0.1) is 0 Å². The highest BCUT2D eigenvalue weighted by molar-refractivity contribution is 5.91. The number of esters is 1. The largest absolute Gasteiger partial charge is 0.459 e. The van der Waals surface area contributed by atoms with Crippen LogP contribution in [0.1, 0.15) is 30.8 Å². The second-order valence-corrected chi connectivity index (χ2v) is 4.84. The van der Waals surface area contributed by atoms with Crippen molar-refractivity contribution in [1.29, 1.82) is 0 Å². The molecule has 0 aliphatic heterocycles. The standard InChI is InChI=1S/C14H20N2O5/c1-10(2)8-16-12(17)9-21-13(18)5-6-15-14(19)11-4-3-7-20-11/h3-4,7,10H,5-6,8-9H2,1-2H3,(H,15,19)(H,16,17). The third-order valence-electron chi connectivity index (χ3n) is 2.43. The highest BCUT2D eigenvalue weighted by atomic mass is 16.5. The molecular weight excluding hydrogens is 276 g/mol. The predicted molar refractivity (Wildman–Crippen MR) is 74.5 cm³/mol. The lowest BCUT2D eigenvalue weighted by atomic mass is 10.2. The van der Waals surface area contributed by atoms with Gasteiger partial charge in [0.1, 0.15) is 0 Å². The molecular formula is C14H20N2O5. The Hall–Kier alpha value is -2.31.